The average molecular weight is 287 g/mol. The van der Waals surface area contributed by atoms with Crippen molar-refractivity contribution in [1.29, 1.82) is 0 Å². The third kappa shape index (κ3) is 2.46. The number of anilines is 3. The number of para-hydroxylation sites is 1. The zero-order valence-corrected chi connectivity index (χ0v) is 11.4. The first-order valence-corrected chi connectivity index (χ1v) is 6.30. The molecule has 0 aliphatic carbocycles. The minimum absolute atomic E-state index is 0.0457. The summed E-state index contributed by atoms with van der Waals surface area (Å²) in [4.78, 5) is 16.2. The van der Waals surface area contributed by atoms with E-state index in [-0.39, 0.29) is 11.2 Å². The van der Waals surface area contributed by atoms with Crippen molar-refractivity contribution in [3.8, 4) is 0 Å². The van der Waals surface area contributed by atoms with Gasteiger partial charge in [0.25, 0.3) is 0 Å². The van der Waals surface area contributed by atoms with Crippen molar-refractivity contribution in [3.63, 3.8) is 0 Å². The van der Waals surface area contributed by atoms with Crippen molar-refractivity contribution in [2.45, 2.75) is 6.92 Å². The number of pyridine rings is 1. The highest BCUT2D eigenvalue weighted by Gasteiger charge is 2.07. The molecule has 3 aromatic rings. The van der Waals surface area contributed by atoms with Crippen LogP contribution in [0.5, 0.6) is 0 Å². The van der Waals surface area contributed by atoms with Gasteiger partial charge < -0.3 is 11.1 Å². The molecule has 0 radical (unpaired) electrons. The van der Waals surface area contributed by atoms with Crippen LogP contribution >= 0.6 is 11.6 Å². The van der Waals surface area contributed by atoms with Crippen LogP contribution in [0.25, 0.3) is 10.9 Å². The Labute approximate surface area is 120 Å². The molecule has 0 saturated heterocycles. The zero-order chi connectivity index (χ0) is 14.1. The van der Waals surface area contributed by atoms with Gasteiger partial charge in [-0.15, -0.1) is 0 Å². The molecule has 0 unspecified atom stereocenters. The second-order valence-electron chi connectivity index (χ2n) is 4.24. The summed E-state index contributed by atoms with van der Waals surface area (Å²) in [7, 11) is 0. The predicted octanol–water partition coefficient (Wildman–Crippen LogP) is 2.71. The first-order valence-electron chi connectivity index (χ1n) is 5.92. The van der Waals surface area contributed by atoms with Gasteiger partial charge in [-0.05, 0) is 30.7 Å². The molecule has 0 aliphatic rings. The summed E-state index contributed by atoms with van der Waals surface area (Å²) in [5, 5.41) is 4.13. The monoisotopic (exact) mass is 286 g/mol. The van der Waals surface area contributed by atoms with Gasteiger partial charge in [0, 0.05) is 11.1 Å². The molecule has 0 aliphatic heterocycles. The van der Waals surface area contributed by atoms with Gasteiger partial charge >= 0.3 is 0 Å². The minimum Gasteiger partial charge on any atom is -0.368 e. The number of halogens is 1. The van der Waals surface area contributed by atoms with Crippen LogP contribution < -0.4 is 11.1 Å². The molecule has 0 amide bonds. The summed E-state index contributed by atoms with van der Waals surface area (Å²) >= 11 is 5.76. The van der Waals surface area contributed by atoms with E-state index >= 15 is 0 Å². The first kappa shape index (κ1) is 12.6. The van der Waals surface area contributed by atoms with Crippen LogP contribution in [0.4, 0.5) is 17.6 Å². The lowest BCUT2D eigenvalue weighted by atomic mass is 10.2. The highest BCUT2D eigenvalue weighted by molar-refractivity contribution is 6.28. The Morgan fingerprint density at radius 3 is 2.70 bits per heavy atom. The van der Waals surface area contributed by atoms with Crippen LogP contribution in [-0.2, 0) is 0 Å². The summed E-state index contributed by atoms with van der Waals surface area (Å²) in [5.74, 6) is 0.357. The molecule has 2 aromatic heterocycles. The summed E-state index contributed by atoms with van der Waals surface area (Å²) in [6, 6.07) is 9.78. The maximum Gasteiger partial charge on any atom is 0.233 e. The largest absolute Gasteiger partial charge is 0.368 e. The fourth-order valence-electron chi connectivity index (χ4n) is 1.89. The molecule has 1 aromatic carbocycles. The summed E-state index contributed by atoms with van der Waals surface area (Å²) < 4.78 is 0. The number of benzene rings is 1. The lowest BCUT2D eigenvalue weighted by molar-refractivity contribution is 1.07. The first-order chi connectivity index (χ1) is 9.61. The third-order valence-electron chi connectivity index (χ3n) is 2.73. The number of nitrogens with two attached hydrogens (primary N) is 1. The Bertz CT molecular complexity index is 769. The van der Waals surface area contributed by atoms with Gasteiger partial charge in [-0.2, -0.15) is 15.0 Å². The molecule has 3 N–H and O–H groups in total. The lowest BCUT2D eigenvalue weighted by Crippen LogP contribution is -2.03. The van der Waals surface area contributed by atoms with Gasteiger partial charge in [0.15, 0.2) is 0 Å². The maximum atomic E-state index is 5.76. The zero-order valence-electron chi connectivity index (χ0n) is 10.6. The van der Waals surface area contributed by atoms with Gasteiger partial charge in [-0.1, -0.05) is 18.2 Å². The molecule has 0 fully saturated rings. The van der Waals surface area contributed by atoms with Crippen molar-refractivity contribution < 1.29 is 0 Å². The van der Waals surface area contributed by atoms with Crippen molar-refractivity contribution in [3.05, 3.63) is 41.3 Å². The van der Waals surface area contributed by atoms with Crippen molar-refractivity contribution in [1.82, 2.24) is 19.9 Å². The second-order valence-corrected chi connectivity index (χ2v) is 4.58. The van der Waals surface area contributed by atoms with Gasteiger partial charge in [0.1, 0.15) is 0 Å². The number of aryl methyl sites for hydroxylation is 1. The highest BCUT2D eigenvalue weighted by atomic mass is 35.5. The summed E-state index contributed by atoms with van der Waals surface area (Å²) in [6.07, 6.45) is 0. The molecule has 0 bridgehead atoms. The number of nitrogens with zero attached hydrogens (tertiary/aromatic N) is 4. The molecule has 3 rings (SSSR count). The number of hydrogen-bond donors (Lipinski definition) is 2. The Balaban J connectivity index is 2.08. The van der Waals surface area contributed by atoms with E-state index < -0.39 is 0 Å². The van der Waals surface area contributed by atoms with Gasteiger partial charge in [-0.25, -0.2) is 0 Å². The van der Waals surface area contributed by atoms with E-state index in [4.69, 9.17) is 17.3 Å². The van der Waals surface area contributed by atoms with Gasteiger partial charge in [-0.3, -0.25) is 4.98 Å². The molecule has 0 atom stereocenters. The molecular weight excluding hydrogens is 276 g/mol. The van der Waals surface area contributed by atoms with Crippen LogP contribution in [0.15, 0.2) is 30.3 Å². The van der Waals surface area contributed by atoms with E-state index in [1.807, 2.05) is 37.3 Å². The summed E-state index contributed by atoms with van der Waals surface area (Å²) in [5.41, 5.74) is 8.10. The van der Waals surface area contributed by atoms with E-state index in [0.717, 1.165) is 22.3 Å². The topological polar surface area (TPSA) is 89.6 Å². The molecule has 0 spiro atoms. The fourth-order valence-corrected chi connectivity index (χ4v) is 2.05. The second kappa shape index (κ2) is 4.90. The summed E-state index contributed by atoms with van der Waals surface area (Å²) in [6.45, 7) is 1.94. The van der Waals surface area contributed by atoms with Crippen molar-refractivity contribution in [2.24, 2.45) is 0 Å². The minimum atomic E-state index is 0.0457. The average Bonchev–Trinajstić information content (AvgIpc) is 2.38. The molecule has 6 nitrogen and oxygen atoms in total. The number of nitrogen functional groups attached to an aromatic ring is 1. The van der Waals surface area contributed by atoms with Crippen LogP contribution in [0.2, 0.25) is 5.28 Å². The molecule has 100 valence electrons. The van der Waals surface area contributed by atoms with Crippen molar-refractivity contribution >= 4 is 40.1 Å². The smallest absolute Gasteiger partial charge is 0.233 e. The maximum absolute atomic E-state index is 5.76. The lowest BCUT2D eigenvalue weighted by Gasteiger charge is -2.08. The number of fused-ring (bicyclic) bond motifs is 1. The van der Waals surface area contributed by atoms with E-state index in [1.165, 1.54) is 0 Å². The van der Waals surface area contributed by atoms with Gasteiger partial charge in [0.05, 0.1) is 11.2 Å². The SMILES string of the molecule is Cc1ccc2cccc(Nc3nc(N)nc(Cl)n3)c2n1. The van der Waals surface area contributed by atoms with Gasteiger partial charge in [0.2, 0.25) is 17.2 Å². The van der Waals surface area contributed by atoms with Crippen LogP contribution in [-0.4, -0.2) is 19.9 Å². The number of nitrogens with one attached hydrogen (secondary N) is 1. The predicted molar refractivity (Wildman–Crippen MR) is 79.0 cm³/mol. The number of aromatic nitrogens is 4. The van der Waals surface area contributed by atoms with E-state index in [0.29, 0.717) is 5.95 Å². The molecule has 20 heavy (non-hydrogen) atoms. The fraction of sp³-hybridized carbons (Fsp3) is 0.0769. The molecular formula is C13H11ClN6. The molecule has 7 heteroatoms. The van der Waals surface area contributed by atoms with Crippen LogP contribution in [0.3, 0.4) is 0 Å². The Morgan fingerprint density at radius 2 is 1.90 bits per heavy atom. The number of rotatable bonds is 2. The quantitative estimate of drug-likeness (QED) is 0.753. The highest BCUT2D eigenvalue weighted by Crippen LogP contribution is 2.24. The third-order valence-corrected chi connectivity index (χ3v) is 2.90. The van der Waals surface area contributed by atoms with Crippen LogP contribution in [0, 0.1) is 6.92 Å². The number of hydrogen-bond acceptors (Lipinski definition) is 6. The normalized spacial score (nSPS) is 10.7. The van der Waals surface area contributed by atoms with Crippen molar-refractivity contribution in [2.75, 3.05) is 11.1 Å². The van der Waals surface area contributed by atoms with E-state index in [1.54, 1.807) is 0 Å². The molecule has 0 saturated carbocycles. The standard InChI is InChI=1S/C13H11ClN6/c1-7-5-6-8-3-2-4-9(10(8)16-7)17-13-19-11(14)18-12(15)20-13/h2-6H,1H3,(H3,15,17,18,19,20). The Morgan fingerprint density at radius 1 is 1.05 bits per heavy atom. The Kier molecular flexibility index (Phi) is 3.08. The Hall–Kier alpha value is -2.47. The molecule has 2 heterocycles. The van der Waals surface area contributed by atoms with E-state index in [2.05, 4.69) is 25.3 Å². The van der Waals surface area contributed by atoms with Crippen LogP contribution in [0.1, 0.15) is 5.69 Å². The van der Waals surface area contributed by atoms with E-state index in [9.17, 15) is 0 Å².